The molecule has 15 heteroatoms. The lowest BCUT2D eigenvalue weighted by molar-refractivity contribution is -0.172. The largest absolute Gasteiger partial charge is 0.462 e. The number of ether oxygens (including phenoxy) is 6. The Kier molecular flexibility index (Phi) is 12.6. The van der Waals surface area contributed by atoms with Gasteiger partial charge in [0.1, 0.15) is 36.6 Å². The zero-order chi connectivity index (χ0) is 43.7. The predicted octanol–water partition coefficient (Wildman–Crippen LogP) is 3.92. The number of nitrogens with zero attached hydrogens (tertiary/aromatic N) is 1. The number of rotatable bonds is 12. The van der Waals surface area contributed by atoms with Crippen molar-refractivity contribution >= 4 is 41.8 Å². The molecular formula is C46H54N2O13. The average Bonchev–Trinajstić information content (AvgIpc) is 3.99. The lowest BCUT2D eigenvalue weighted by Crippen LogP contribution is -2.51. The van der Waals surface area contributed by atoms with Crippen molar-refractivity contribution in [1.29, 1.82) is 0 Å². The smallest absolute Gasteiger partial charge is 0.348 e. The summed E-state index contributed by atoms with van der Waals surface area (Å²) in [7, 11) is 0. The number of hydrogen-bond acceptors (Lipinski definition) is 13. The van der Waals surface area contributed by atoms with E-state index in [9.17, 15) is 33.9 Å². The normalized spacial score (nSPS) is 25.3. The monoisotopic (exact) mass is 842 g/mol. The number of carbonyl (C=O) groups excluding carboxylic acids is 6. The molecule has 2 amide bonds. The van der Waals surface area contributed by atoms with Crippen LogP contribution in [0.3, 0.4) is 0 Å². The number of aliphatic hydroxyl groups is 1. The Hall–Kier alpha value is -5.38. The summed E-state index contributed by atoms with van der Waals surface area (Å²) in [4.78, 5) is 80.5. The fourth-order valence-corrected chi connectivity index (χ4v) is 8.54. The van der Waals surface area contributed by atoms with Crippen LogP contribution in [0.4, 0.5) is 0 Å². The van der Waals surface area contributed by atoms with Crippen molar-refractivity contribution in [3.8, 4) is 0 Å². The van der Waals surface area contributed by atoms with Crippen LogP contribution < -0.4 is 5.32 Å². The molecule has 3 saturated heterocycles. The van der Waals surface area contributed by atoms with Crippen LogP contribution in [0.2, 0.25) is 0 Å². The molecule has 7 rings (SSSR count). The lowest BCUT2D eigenvalue weighted by Gasteiger charge is -2.33. The van der Waals surface area contributed by atoms with Crippen LogP contribution in [0.5, 0.6) is 0 Å². The molecular weight excluding hydrogens is 789 g/mol. The Balaban J connectivity index is 1.05. The minimum atomic E-state index is -1.04. The van der Waals surface area contributed by atoms with Gasteiger partial charge in [-0.1, -0.05) is 50.2 Å². The summed E-state index contributed by atoms with van der Waals surface area (Å²) in [6.07, 6.45) is 2.92. The van der Waals surface area contributed by atoms with Gasteiger partial charge >= 0.3 is 23.9 Å². The SMILES string of the molecule is CC(C)(C)OC(=O)CCC(CO)NC(=O)C1CCCN1C(=O)C1=CC2OC3(Cc4ccccc4C3)OC2C(OC(=O)c2cccc(C=CC(=O)OC3C(=O)OCC3(C)C)c2)C1. The summed E-state index contributed by atoms with van der Waals surface area (Å²) >= 11 is 0. The molecule has 2 aliphatic carbocycles. The molecule has 2 aromatic rings. The summed E-state index contributed by atoms with van der Waals surface area (Å²) < 4.78 is 35.2. The molecule has 5 aliphatic rings. The average molecular weight is 843 g/mol. The van der Waals surface area contributed by atoms with Gasteiger partial charge in [0.05, 0.1) is 18.2 Å². The van der Waals surface area contributed by atoms with Crippen LogP contribution in [-0.4, -0.2) is 113 Å². The first-order chi connectivity index (χ1) is 28.9. The number of cyclic esters (lactones) is 1. The number of amides is 2. The zero-order valence-electron chi connectivity index (χ0n) is 35.2. The standard InChI is InChI=1S/C46H54N2O13/c1-44(2,3)60-37(51)18-16-32(25-49)47-40(52)33-14-9-19-48(33)41(53)31-21-34(38-35(22-31)59-46(61-38)23-29-11-6-7-12-30(29)24-46)57-42(54)28-13-8-10-27(20-28)15-17-36(50)58-39-43(55)56-26-45(39,4)5/h6-8,10-13,15,17,20,22,32-35,38-39,49H,9,14,16,18-19,21,23-26H2,1-5H3,(H,47,52). The van der Waals surface area contributed by atoms with Gasteiger partial charge in [-0.2, -0.15) is 0 Å². The van der Waals surface area contributed by atoms with Crippen molar-refractivity contribution in [2.24, 2.45) is 5.41 Å². The minimum absolute atomic E-state index is 0.00569. The number of likely N-dealkylation sites (tertiary alicyclic amines) is 1. The van der Waals surface area contributed by atoms with Gasteiger partial charge in [0.15, 0.2) is 5.79 Å². The molecule has 0 bridgehead atoms. The molecule has 3 fully saturated rings. The summed E-state index contributed by atoms with van der Waals surface area (Å²) in [6.45, 7) is 8.86. The van der Waals surface area contributed by atoms with Gasteiger partial charge in [0, 0.05) is 49.3 Å². The summed E-state index contributed by atoms with van der Waals surface area (Å²) in [6, 6.07) is 12.8. The van der Waals surface area contributed by atoms with E-state index in [-0.39, 0.29) is 31.4 Å². The molecule has 61 heavy (non-hydrogen) atoms. The zero-order valence-corrected chi connectivity index (χ0v) is 35.2. The maximum absolute atomic E-state index is 14.4. The maximum Gasteiger partial charge on any atom is 0.348 e. The molecule has 2 N–H and O–H groups in total. The fraction of sp³-hybridized carbons (Fsp3) is 0.522. The van der Waals surface area contributed by atoms with Crippen molar-refractivity contribution in [2.45, 2.75) is 127 Å². The molecule has 0 radical (unpaired) electrons. The van der Waals surface area contributed by atoms with Crippen LogP contribution in [0, 0.1) is 5.41 Å². The highest BCUT2D eigenvalue weighted by molar-refractivity contribution is 5.98. The highest BCUT2D eigenvalue weighted by Crippen LogP contribution is 2.45. The number of carbonyl (C=O) groups is 6. The number of aliphatic hydroxyl groups excluding tert-OH is 1. The first-order valence-electron chi connectivity index (χ1n) is 20.9. The molecule has 3 heterocycles. The van der Waals surface area contributed by atoms with Crippen molar-refractivity contribution in [2.75, 3.05) is 19.8 Å². The van der Waals surface area contributed by atoms with Crippen LogP contribution in [0.15, 0.2) is 66.3 Å². The Labute approximate surface area is 354 Å². The second-order valence-corrected chi connectivity index (χ2v) is 18.1. The minimum Gasteiger partial charge on any atom is -0.462 e. The van der Waals surface area contributed by atoms with Gasteiger partial charge < -0.3 is 43.7 Å². The summed E-state index contributed by atoms with van der Waals surface area (Å²) in [5.74, 6) is -4.36. The van der Waals surface area contributed by atoms with Crippen LogP contribution in [0.1, 0.15) is 93.8 Å². The third-order valence-electron chi connectivity index (χ3n) is 11.5. The van der Waals surface area contributed by atoms with Gasteiger partial charge in [-0.15, -0.1) is 0 Å². The predicted molar refractivity (Wildman–Crippen MR) is 217 cm³/mol. The number of fused-ring (bicyclic) bond motifs is 2. The molecule has 0 saturated carbocycles. The van der Waals surface area contributed by atoms with E-state index in [1.165, 1.54) is 17.1 Å². The summed E-state index contributed by atoms with van der Waals surface area (Å²) in [5, 5.41) is 12.8. The number of esters is 4. The molecule has 326 valence electrons. The number of hydrogen-bond donors (Lipinski definition) is 2. The summed E-state index contributed by atoms with van der Waals surface area (Å²) in [5.41, 5.74) is 1.80. The third kappa shape index (κ3) is 10.1. The van der Waals surface area contributed by atoms with E-state index in [0.29, 0.717) is 43.4 Å². The molecule has 2 aromatic carbocycles. The molecule has 6 atom stereocenters. The number of nitrogens with one attached hydrogen (secondary N) is 1. The third-order valence-corrected chi connectivity index (χ3v) is 11.5. The van der Waals surface area contributed by atoms with E-state index < -0.39 is 95.6 Å². The second-order valence-electron chi connectivity index (χ2n) is 18.1. The molecule has 3 aliphatic heterocycles. The van der Waals surface area contributed by atoms with E-state index >= 15 is 0 Å². The van der Waals surface area contributed by atoms with Gasteiger partial charge in [0.25, 0.3) is 0 Å². The van der Waals surface area contributed by atoms with Gasteiger partial charge in [0.2, 0.25) is 17.9 Å². The Morgan fingerprint density at radius 2 is 1.75 bits per heavy atom. The van der Waals surface area contributed by atoms with E-state index in [1.54, 1.807) is 65.0 Å². The highest BCUT2D eigenvalue weighted by Gasteiger charge is 2.55. The Morgan fingerprint density at radius 1 is 1.02 bits per heavy atom. The lowest BCUT2D eigenvalue weighted by atomic mass is 9.90. The second kappa shape index (κ2) is 17.5. The van der Waals surface area contributed by atoms with Gasteiger partial charge in [-0.3, -0.25) is 14.4 Å². The molecule has 0 aromatic heterocycles. The van der Waals surface area contributed by atoms with Gasteiger partial charge in [-0.05, 0) is 81.0 Å². The highest BCUT2D eigenvalue weighted by atomic mass is 16.8. The molecule has 1 spiro atoms. The van der Waals surface area contributed by atoms with Crippen molar-refractivity contribution < 1.29 is 62.3 Å². The number of benzene rings is 2. The quantitative estimate of drug-likeness (QED) is 0.178. The van der Waals surface area contributed by atoms with Crippen molar-refractivity contribution in [1.82, 2.24) is 10.2 Å². The van der Waals surface area contributed by atoms with Crippen LogP contribution in [0.25, 0.3) is 6.08 Å². The van der Waals surface area contributed by atoms with Crippen LogP contribution >= 0.6 is 0 Å². The van der Waals surface area contributed by atoms with Crippen molar-refractivity contribution in [3.05, 3.63) is 88.5 Å². The molecule has 15 nitrogen and oxygen atoms in total. The maximum atomic E-state index is 14.4. The first kappa shape index (κ1) is 43.7. The topological polar surface area (TPSA) is 193 Å². The Bertz CT molecular complexity index is 2090. The van der Waals surface area contributed by atoms with Gasteiger partial charge in [-0.25, -0.2) is 14.4 Å². The molecule has 6 unspecified atom stereocenters. The Morgan fingerprint density at radius 3 is 2.43 bits per heavy atom. The van der Waals surface area contributed by atoms with E-state index in [2.05, 4.69) is 5.32 Å². The van der Waals surface area contributed by atoms with E-state index in [0.717, 1.165) is 11.1 Å². The fourth-order valence-electron chi connectivity index (χ4n) is 8.54. The van der Waals surface area contributed by atoms with E-state index in [1.807, 2.05) is 24.3 Å². The van der Waals surface area contributed by atoms with Crippen LogP contribution in [-0.2, 0) is 65.2 Å². The van der Waals surface area contributed by atoms with E-state index in [4.69, 9.17) is 28.4 Å². The first-order valence-corrected chi connectivity index (χ1v) is 20.9. The van der Waals surface area contributed by atoms with Crippen molar-refractivity contribution in [3.63, 3.8) is 0 Å².